The molecule has 0 amide bonds. The smallest absolute Gasteiger partial charge is 0.141 e. The van der Waals surface area contributed by atoms with Crippen molar-refractivity contribution in [3.8, 4) is 17.1 Å². The van der Waals surface area contributed by atoms with Crippen molar-refractivity contribution in [3.63, 3.8) is 0 Å². The monoisotopic (exact) mass is 299 g/mol. The molecule has 3 N–H and O–H groups in total. The second-order valence-electron chi connectivity index (χ2n) is 5.42. The standard InChI is InChI=1S/C16H14ClN3O/c17-11-2-1-3-13-15(11)20(10-5-6-10)16(19-13)9-4-7-14(21)12(18)8-9/h1-4,7-8,10,21H,5-6,18H2. The van der Waals surface area contributed by atoms with Crippen molar-refractivity contribution in [2.45, 2.75) is 18.9 Å². The van der Waals surface area contributed by atoms with Gasteiger partial charge in [0, 0.05) is 11.6 Å². The van der Waals surface area contributed by atoms with E-state index in [1.807, 2.05) is 24.3 Å². The number of hydrogen-bond acceptors (Lipinski definition) is 3. The number of para-hydroxylation sites is 1. The molecule has 2 aromatic carbocycles. The maximum Gasteiger partial charge on any atom is 0.141 e. The zero-order chi connectivity index (χ0) is 14.6. The van der Waals surface area contributed by atoms with Crippen LogP contribution in [0.2, 0.25) is 5.02 Å². The molecule has 0 radical (unpaired) electrons. The largest absolute Gasteiger partial charge is 0.506 e. The molecular weight excluding hydrogens is 286 g/mol. The van der Waals surface area contributed by atoms with Gasteiger partial charge in [-0.25, -0.2) is 4.98 Å². The average Bonchev–Trinajstić information content (AvgIpc) is 3.22. The van der Waals surface area contributed by atoms with Crippen molar-refractivity contribution in [3.05, 3.63) is 41.4 Å². The molecule has 1 aliphatic carbocycles. The van der Waals surface area contributed by atoms with Crippen molar-refractivity contribution < 1.29 is 5.11 Å². The van der Waals surface area contributed by atoms with E-state index in [-0.39, 0.29) is 5.75 Å². The third-order valence-electron chi connectivity index (χ3n) is 3.86. The van der Waals surface area contributed by atoms with E-state index in [4.69, 9.17) is 22.3 Å². The Hall–Kier alpha value is -2.20. The molecular formula is C16H14ClN3O. The molecule has 0 saturated heterocycles. The Morgan fingerprint density at radius 3 is 2.76 bits per heavy atom. The summed E-state index contributed by atoms with van der Waals surface area (Å²) in [6.45, 7) is 0. The van der Waals surface area contributed by atoms with E-state index >= 15 is 0 Å². The Bertz CT molecular complexity index is 852. The fourth-order valence-corrected chi connectivity index (χ4v) is 2.95. The molecule has 1 aromatic heterocycles. The summed E-state index contributed by atoms with van der Waals surface area (Å²) in [6.07, 6.45) is 2.27. The Kier molecular flexibility index (Phi) is 2.62. The number of nitrogen functional groups attached to an aromatic ring is 1. The van der Waals surface area contributed by atoms with Gasteiger partial charge in [-0.1, -0.05) is 17.7 Å². The fraction of sp³-hybridized carbons (Fsp3) is 0.188. The van der Waals surface area contributed by atoms with E-state index in [9.17, 15) is 5.11 Å². The van der Waals surface area contributed by atoms with Crippen LogP contribution in [0.15, 0.2) is 36.4 Å². The lowest BCUT2D eigenvalue weighted by molar-refractivity contribution is 0.478. The van der Waals surface area contributed by atoms with Gasteiger partial charge in [-0.3, -0.25) is 0 Å². The van der Waals surface area contributed by atoms with Crippen LogP contribution in [0, 0.1) is 0 Å². The number of anilines is 1. The van der Waals surface area contributed by atoms with Crippen LogP contribution in [0.25, 0.3) is 22.4 Å². The molecule has 1 fully saturated rings. The average molecular weight is 300 g/mol. The Balaban J connectivity index is 2.01. The van der Waals surface area contributed by atoms with Crippen LogP contribution in [0.1, 0.15) is 18.9 Å². The van der Waals surface area contributed by atoms with Gasteiger partial charge in [0.2, 0.25) is 0 Å². The maximum atomic E-state index is 9.59. The molecule has 106 valence electrons. The second-order valence-corrected chi connectivity index (χ2v) is 5.82. The third kappa shape index (κ3) is 1.94. The summed E-state index contributed by atoms with van der Waals surface area (Å²) in [4.78, 5) is 4.72. The quantitative estimate of drug-likeness (QED) is 0.556. The number of aromatic hydroxyl groups is 1. The molecule has 0 aliphatic heterocycles. The number of fused-ring (bicyclic) bond motifs is 1. The number of phenols is 1. The van der Waals surface area contributed by atoms with E-state index in [1.54, 1.807) is 12.1 Å². The minimum atomic E-state index is 0.0888. The van der Waals surface area contributed by atoms with E-state index in [1.165, 1.54) is 0 Å². The predicted octanol–water partition coefficient (Wildman–Crippen LogP) is 3.98. The third-order valence-corrected chi connectivity index (χ3v) is 4.16. The minimum Gasteiger partial charge on any atom is -0.506 e. The molecule has 1 heterocycles. The van der Waals surface area contributed by atoms with E-state index < -0.39 is 0 Å². The number of hydrogen-bond donors (Lipinski definition) is 2. The summed E-state index contributed by atoms with van der Waals surface area (Å²) < 4.78 is 2.20. The van der Waals surface area contributed by atoms with Gasteiger partial charge in [0.05, 0.1) is 21.7 Å². The molecule has 0 unspecified atom stereocenters. The van der Waals surface area contributed by atoms with Crippen LogP contribution < -0.4 is 5.73 Å². The Morgan fingerprint density at radius 2 is 2.05 bits per heavy atom. The molecule has 1 aliphatic rings. The normalized spacial score (nSPS) is 14.7. The first-order valence-electron chi connectivity index (χ1n) is 6.90. The van der Waals surface area contributed by atoms with Gasteiger partial charge in [-0.2, -0.15) is 0 Å². The fourth-order valence-electron chi connectivity index (χ4n) is 2.69. The van der Waals surface area contributed by atoms with Gasteiger partial charge in [0.1, 0.15) is 11.6 Å². The molecule has 0 atom stereocenters. The summed E-state index contributed by atoms with van der Waals surface area (Å²) in [7, 11) is 0. The summed E-state index contributed by atoms with van der Waals surface area (Å²) >= 11 is 6.37. The molecule has 4 nitrogen and oxygen atoms in total. The van der Waals surface area contributed by atoms with Crippen LogP contribution >= 0.6 is 11.6 Å². The highest BCUT2D eigenvalue weighted by molar-refractivity contribution is 6.35. The molecule has 1 saturated carbocycles. The van der Waals surface area contributed by atoms with E-state index in [2.05, 4.69) is 4.57 Å². The van der Waals surface area contributed by atoms with Gasteiger partial charge < -0.3 is 15.4 Å². The van der Waals surface area contributed by atoms with Crippen LogP contribution in [-0.2, 0) is 0 Å². The predicted molar refractivity (Wildman–Crippen MR) is 84.5 cm³/mol. The highest BCUT2D eigenvalue weighted by atomic mass is 35.5. The number of nitrogens with zero attached hydrogens (tertiary/aromatic N) is 2. The first-order chi connectivity index (χ1) is 10.1. The van der Waals surface area contributed by atoms with Gasteiger partial charge >= 0.3 is 0 Å². The van der Waals surface area contributed by atoms with E-state index in [0.29, 0.717) is 16.8 Å². The number of aromatic nitrogens is 2. The minimum absolute atomic E-state index is 0.0888. The molecule has 0 bridgehead atoms. The van der Waals surface area contributed by atoms with Gasteiger partial charge in [0.15, 0.2) is 0 Å². The first kappa shape index (κ1) is 12.5. The number of benzene rings is 2. The second kappa shape index (κ2) is 4.40. The SMILES string of the molecule is Nc1cc(-c2nc3cccc(Cl)c3n2C2CC2)ccc1O. The van der Waals surface area contributed by atoms with E-state index in [0.717, 1.165) is 35.3 Å². The lowest BCUT2D eigenvalue weighted by Crippen LogP contribution is -1.98. The number of imidazole rings is 1. The molecule has 0 spiro atoms. The van der Waals surface area contributed by atoms with Gasteiger partial charge in [-0.05, 0) is 43.2 Å². The lowest BCUT2D eigenvalue weighted by atomic mass is 10.1. The zero-order valence-corrected chi connectivity index (χ0v) is 12.0. The van der Waals surface area contributed by atoms with Crippen LogP contribution in [-0.4, -0.2) is 14.7 Å². The number of rotatable bonds is 2. The highest BCUT2D eigenvalue weighted by Crippen LogP contribution is 2.43. The lowest BCUT2D eigenvalue weighted by Gasteiger charge is -2.09. The molecule has 3 aromatic rings. The van der Waals surface area contributed by atoms with Crippen molar-refractivity contribution in [1.29, 1.82) is 0 Å². The molecule has 21 heavy (non-hydrogen) atoms. The van der Waals surface area contributed by atoms with Crippen molar-refractivity contribution in [2.24, 2.45) is 0 Å². The summed E-state index contributed by atoms with van der Waals surface area (Å²) in [5.74, 6) is 0.943. The van der Waals surface area contributed by atoms with Crippen molar-refractivity contribution >= 4 is 28.3 Å². The van der Waals surface area contributed by atoms with Crippen LogP contribution in [0.3, 0.4) is 0 Å². The van der Waals surface area contributed by atoms with Crippen molar-refractivity contribution in [1.82, 2.24) is 9.55 Å². The van der Waals surface area contributed by atoms with Gasteiger partial charge in [-0.15, -0.1) is 0 Å². The van der Waals surface area contributed by atoms with Crippen molar-refractivity contribution in [2.75, 3.05) is 5.73 Å². The first-order valence-corrected chi connectivity index (χ1v) is 7.28. The summed E-state index contributed by atoms with van der Waals surface area (Å²) in [5.41, 5.74) is 8.92. The number of nitrogens with two attached hydrogens (primary N) is 1. The summed E-state index contributed by atoms with van der Waals surface area (Å²) in [6, 6.07) is 11.4. The zero-order valence-electron chi connectivity index (χ0n) is 11.3. The molecule has 4 rings (SSSR count). The summed E-state index contributed by atoms with van der Waals surface area (Å²) in [5, 5.41) is 10.3. The number of halogens is 1. The maximum absolute atomic E-state index is 9.59. The Morgan fingerprint density at radius 1 is 1.24 bits per heavy atom. The molecule has 5 heteroatoms. The number of phenolic OH excluding ortho intramolecular Hbond substituents is 1. The van der Waals surface area contributed by atoms with Crippen LogP contribution in [0.5, 0.6) is 5.75 Å². The van der Waals surface area contributed by atoms with Gasteiger partial charge in [0.25, 0.3) is 0 Å². The topological polar surface area (TPSA) is 64.1 Å². The highest BCUT2D eigenvalue weighted by Gasteiger charge is 2.29. The van der Waals surface area contributed by atoms with Crippen LogP contribution in [0.4, 0.5) is 5.69 Å². The Labute approximate surface area is 126 Å².